The van der Waals surface area contributed by atoms with E-state index in [1.165, 1.54) is 6.42 Å². The average Bonchev–Trinajstić information content (AvgIpc) is 2.53. The van der Waals surface area contributed by atoms with Gasteiger partial charge in [0.2, 0.25) is 0 Å². The van der Waals surface area contributed by atoms with Crippen LogP contribution in [0.25, 0.3) is 0 Å². The van der Waals surface area contributed by atoms with Crippen molar-refractivity contribution in [2.45, 2.75) is 58.9 Å². The summed E-state index contributed by atoms with van der Waals surface area (Å²) in [5, 5.41) is 5.16. The van der Waals surface area contributed by atoms with E-state index in [9.17, 15) is 4.79 Å². The van der Waals surface area contributed by atoms with E-state index in [2.05, 4.69) is 12.0 Å². The number of carbonyl (C=O) groups is 1. The van der Waals surface area contributed by atoms with Gasteiger partial charge in [0.05, 0.1) is 16.4 Å². The van der Waals surface area contributed by atoms with Gasteiger partial charge in [-0.3, -0.25) is 9.48 Å². The first-order valence-electron chi connectivity index (χ1n) is 6.88. The topological polar surface area (TPSA) is 34.9 Å². The minimum atomic E-state index is 0.145. The molecule has 0 saturated heterocycles. The summed E-state index contributed by atoms with van der Waals surface area (Å²) in [6.45, 7) is 4.79. The molecule has 100 valence electrons. The number of hydrogen-bond donors (Lipinski definition) is 0. The fourth-order valence-corrected chi connectivity index (χ4v) is 2.96. The second-order valence-electron chi connectivity index (χ2n) is 5.13. The normalized spacial score (nSPS) is 21.1. The minimum absolute atomic E-state index is 0.145. The molecular weight excluding hydrogens is 248 g/mol. The molecule has 0 aliphatic heterocycles. The first-order chi connectivity index (χ1) is 8.63. The van der Waals surface area contributed by atoms with Crippen molar-refractivity contribution in [2.75, 3.05) is 0 Å². The largest absolute Gasteiger partial charge is 0.299 e. The van der Waals surface area contributed by atoms with Crippen LogP contribution < -0.4 is 0 Å². The molecule has 1 fully saturated rings. The van der Waals surface area contributed by atoms with Crippen molar-refractivity contribution < 1.29 is 4.79 Å². The molecule has 2 rings (SSSR count). The fraction of sp³-hybridized carbons (Fsp3) is 0.714. The van der Waals surface area contributed by atoms with E-state index in [0.29, 0.717) is 5.78 Å². The standard InChI is InChI=1S/C14H21ClN2O/c1-3-17-12(14(15)10(2)16-17)9-11-7-5-4-6-8-13(11)18/h11H,3-9H2,1-2H3. The van der Waals surface area contributed by atoms with Crippen molar-refractivity contribution in [1.29, 1.82) is 0 Å². The van der Waals surface area contributed by atoms with Crippen LogP contribution in [0.1, 0.15) is 50.4 Å². The van der Waals surface area contributed by atoms with Crippen LogP contribution in [0.5, 0.6) is 0 Å². The Kier molecular flexibility index (Phi) is 4.44. The van der Waals surface area contributed by atoms with Crippen molar-refractivity contribution in [3.63, 3.8) is 0 Å². The maximum atomic E-state index is 12.1. The Morgan fingerprint density at radius 3 is 2.89 bits per heavy atom. The van der Waals surface area contributed by atoms with Crippen molar-refractivity contribution in [1.82, 2.24) is 9.78 Å². The number of aromatic nitrogens is 2. The Labute approximate surface area is 114 Å². The van der Waals surface area contributed by atoms with Crippen LogP contribution in [0.15, 0.2) is 0 Å². The highest BCUT2D eigenvalue weighted by Crippen LogP contribution is 2.28. The van der Waals surface area contributed by atoms with Crippen LogP contribution in [0.3, 0.4) is 0 Å². The first-order valence-corrected chi connectivity index (χ1v) is 7.25. The molecule has 1 aromatic heterocycles. The Bertz CT molecular complexity index is 439. The van der Waals surface area contributed by atoms with Gasteiger partial charge in [0, 0.05) is 25.3 Å². The molecule has 1 aliphatic rings. The number of halogens is 1. The Morgan fingerprint density at radius 2 is 2.17 bits per heavy atom. The van der Waals surface area contributed by atoms with E-state index >= 15 is 0 Å². The molecule has 4 heteroatoms. The summed E-state index contributed by atoms with van der Waals surface area (Å²) < 4.78 is 1.94. The summed E-state index contributed by atoms with van der Waals surface area (Å²) in [6, 6.07) is 0. The van der Waals surface area contributed by atoms with Crippen LogP contribution in [0, 0.1) is 12.8 Å². The van der Waals surface area contributed by atoms with Crippen LogP contribution >= 0.6 is 11.6 Å². The number of Topliss-reactive ketones (excluding diaryl/α,β-unsaturated/α-hetero) is 1. The second-order valence-corrected chi connectivity index (χ2v) is 5.51. The van der Waals surface area contributed by atoms with Gasteiger partial charge in [0.1, 0.15) is 5.78 Å². The van der Waals surface area contributed by atoms with Gasteiger partial charge in [-0.25, -0.2) is 0 Å². The third-order valence-corrected chi connectivity index (χ3v) is 4.32. The smallest absolute Gasteiger partial charge is 0.136 e. The van der Waals surface area contributed by atoms with Crippen LogP contribution in [-0.4, -0.2) is 15.6 Å². The van der Waals surface area contributed by atoms with Gasteiger partial charge in [-0.15, -0.1) is 0 Å². The molecule has 0 radical (unpaired) electrons. The summed E-state index contributed by atoms with van der Waals surface area (Å²) in [5.74, 6) is 0.552. The van der Waals surface area contributed by atoms with Crippen molar-refractivity contribution in [3.8, 4) is 0 Å². The lowest BCUT2D eigenvalue weighted by molar-refractivity contribution is -0.122. The molecule has 0 N–H and O–H groups in total. The van der Waals surface area contributed by atoms with Crippen molar-refractivity contribution >= 4 is 17.4 Å². The molecule has 0 spiro atoms. The zero-order chi connectivity index (χ0) is 13.1. The maximum absolute atomic E-state index is 12.1. The van der Waals surface area contributed by atoms with Crippen molar-refractivity contribution in [3.05, 3.63) is 16.4 Å². The third kappa shape index (κ3) is 2.77. The highest BCUT2D eigenvalue weighted by molar-refractivity contribution is 6.31. The molecule has 1 atom stereocenters. The number of hydrogen-bond acceptors (Lipinski definition) is 2. The van der Waals surface area contributed by atoms with Crippen LogP contribution in [0.2, 0.25) is 5.02 Å². The molecule has 1 heterocycles. The molecule has 1 unspecified atom stereocenters. The molecule has 0 bridgehead atoms. The van der Waals surface area contributed by atoms with E-state index in [1.54, 1.807) is 0 Å². The Hall–Kier alpha value is -0.830. The summed E-state index contributed by atoms with van der Waals surface area (Å²) in [6.07, 6.45) is 5.89. The quantitative estimate of drug-likeness (QED) is 0.786. The van der Waals surface area contributed by atoms with E-state index < -0.39 is 0 Å². The lowest BCUT2D eigenvalue weighted by Gasteiger charge is -2.14. The molecule has 18 heavy (non-hydrogen) atoms. The van der Waals surface area contributed by atoms with E-state index in [4.69, 9.17) is 11.6 Å². The highest BCUT2D eigenvalue weighted by atomic mass is 35.5. The predicted octanol–water partition coefficient (Wildman–Crippen LogP) is 3.56. The van der Waals surface area contributed by atoms with E-state index in [-0.39, 0.29) is 5.92 Å². The number of ketones is 1. The van der Waals surface area contributed by atoms with Gasteiger partial charge in [0.25, 0.3) is 0 Å². The summed E-state index contributed by atoms with van der Waals surface area (Å²) in [5.41, 5.74) is 1.91. The highest BCUT2D eigenvalue weighted by Gasteiger charge is 2.24. The molecule has 0 amide bonds. The Morgan fingerprint density at radius 1 is 1.39 bits per heavy atom. The summed E-state index contributed by atoms with van der Waals surface area (Å²) in [7, 11) is 0. The van der Waals surface area contributed by atoms with Gasteiger partial charge < -0.3 is 0 Å². The third-order valence-electron chi connectivity index (χ3n) is 3.82. The predicted molar refractivity (Wildman–Crippen MR) is 72.9 cm³/mol. The van der Waals surface area contributed by atoms with Gasteiger partial charge in [0.15, 0.2) is 0 Å². The number of rotatable bonds is 3. The Balaban J connectivity index is 2.19. The lowest BCUT2D eigenvalue weighted by Crippen LogP contribution is -2.17. The van der Waals surface area contributed by atoms with Gasteiger partial charge in [-0.05, 0) is 26.7 Å². The van der Waals surface area contributed by atoms with E-state index in [0.717, 1.165) is 55.1 Å². The van der Waals surface area contributed by atoms with Crippen molar-refractivity contribution in [2.24, 2.45) is 5.92 Å². The molecular formula is C14H21ClN2O. The van der Waals surface area contributed by atoms with Gasteiger partial charge in [-0.2, -0.15) is 5.10 Å². The molecule has 1 saturated carbocycles. The number of aryl methyl sites for hydroxylation is 2. The summed E-state index contributed by atoms with van der Waals surface area (Å²) >= 11 is 6.31. The number of carbonyl (C=O) groups excluding carboxylic acids is 1. The van der Waals surface area contributed by atoms with Gasteiger partial charge >= 0.3 is 0 Å². The van der Waals surface area contributed by atoms with Gasteiger partial charge in [-0.1, -0.05) is 24.4 Å². The summed E-state index contributed by atoms with van der Waals surface area (Å²) in [4.78, 5) is 12.1. The first kappa shape index (κ1) is 13.6. The zero-order valence-electron chi connectivity index (χ0n) is 11.2. The monoisotopic (exact) mass is 268 g/mol. The maximum Gasteiger partial charge on any atom is 0.136 e. The fourth-order valence-electron chi connectivity index (χ4n) is 2.75. The lowest BCUT2D eigenvalue weighted by atomic mass is 9.93. The van der Waals surface area contributed by atoms with E-state index in [1.807, 2.05) is 11.6 Å². The zero-order valence-corrected chi connectivity index (χ0v) is 12.0. The molecule has 1 aliphatic carbocycles. The number of nitrogens with zero attached hydrogens (tertiary/aromatic N) is 2. The average molecular weight is 269 g/mol. The molecule has 1 aromatic rings. The molecule has 0 aromatic carbocycles. The SMILES string of the molecule is CCn1nc(C)c(Cl)c1CC1CCCCCC1=O. The molecule has 3 nitrogen and oxygen atoms in total. The van der Waals surface area contributed by atoms with Crippen LogP contribution in [-0.2, 0) is 17.8 Å². The minimum Gasteiger partial charge on any atom is -0.299 e. The van der Waals surface area contributed by atoms with Crippen LogP contribution in [0.4, 0.5) is 0 Å². The second kappa shape index (κ2) is 5.87.